The van der Waals surface area contributed by atoms with Crippen LogP contribution in [0.5, 0.6) is 0 Å². The summed E-state index contributed by atoms with van der Waals surface area (Å²) >= 11 is 5.77. The van der Waals surface area contributed by atoms with Gasteiger partial charge in [-0.1, -0.05) is 23.7 Å². The van der Waals surface area contributed by atoms with Gasteiger partial charge >= 0.3 is 0 Å². The number of anilines is 1. The molecule has 0 radical (unpaired) electrons. The highest BCUT2D eigenvalue weighted by atomic mass is 35.5. The van der Waals surface area contributed by atoms with E-state index >= 15 is 0 Å². The molecule has 2 aromatic rings. The van der Waals surface area contributed by atoms with Gasteiger partial charge in [0.15, 0.2) is 0 Å². The van der Waals surface area contributed by atoms with Crippen molar-refractivity contribution in [2.75, 3.05) is 18.4 Å². The fourth-order valence-electron chi connectivity index (χ4n) is 2.68. The van der Waals surface area contributed by atoms with Gasteiger partial charge < -0.3 is 10.6 Å². The van der Waals surface area contributed by atoms with Crippen LogP contribution < -0.4 is 10.6 Å². The van der Waals surface area contributed by atoms with Gasteiger partial charge in [-0.15, -0.1) is 12.4 Å². The molecule has 1 aromatic carbocycles. The lowest BCUT2D eigenvalue weighted by Crippen LogP contribution is -2.28. The Morgan fingerprint density at radius 3 is 2.61 bits per heavy atom. The van der Waals surface area contributed by atoms with Crippen molar-refractivity contribution in [3.05, 3.63) is 58.9 Å². The van der Waals surface area contributed by atoms with Crippen LogP contribution in [0.25, 0.3) is 0 Å². The molecule has 0 unspecified atom stereocenters. The largest absolute Gasteiger partial charge is 0.321 e. The summed E-state index contributed by atoms with van der Waals surface area (Å²) in [7, 11) is 0. The quantitative estimate of drug-likeness (QED) is 0.882. The molecule has 0 spiro atoms. The summed E-state index contributed by atoms with van der Waals surface area (Å²) in [6.45, 7) is 2.14. The van der Waals surface area contributed by atoms with Gasteiger partial charge in [0.05, 0.1) is 5.02 Å². The first-order valence-corrected chi connectivity index (χ1v) is 7.84. The van der Waals surface area contributed by atoms with E-state index in [-0.39, 0.29) is 18.3 Å². The summed E-state index contributed by atoms with van der Waals surface area (Å²) in [5.41, 5.74) is 2.44. The molecule has 2 N–H and O–H groups in total. The molecule has 1 amide bonds. The van der Waals surface area contributed by atoms with Gasteiger partial charge in [0.25, 0.3) is 5.91 Å². The summed E-state index contributed by atoms with van der Waals surface area (Å²) in [6, 6.07) is 11.3. The number of hydrogen-bond acceptors (Lipinski definition) is 3. The Kier molecular flexibility index (Phi) is 6.39. The number of carbonyl (C=O) groups excluding carboxylic acids is 1. The lowest BCUT2D eigenvalue weighted by atomic mass is 9.92. The molecule has 1 aliphatic heterocycles. The zero-order valence-corrected chi connectivity index (χ0v) is 14.2. The lowest BCUT2D eigenvalue weighted by Gasteiger charge is -2.23. The average Bonchev–Trinajstić information content (AvgIpc) is 2.57. The molecule has 6 heteroatoms. The second-order valence-electron chi connectivity index (χ2n) is 5.48. The number of hydrogen-bond donors (Lipinski definition) is 2. The Labute approximate surface area is 147 Å². The highest BCUT2D eigenvalue weighted by Gasteiger charge is 2.15. The molecule has 0 saturated carbocycles. The number of aromatic nitrogens is 1. The first-order valence-electron chi connectivity index (χ1n) is 7.46. The molecule has 0 aliphatic carbocycles. The minimum atomic E-state index is -0.233. The topological polar surface area (TPSA) is 54.0 Å². The van der Waals surface area contributed by atoms with Crippen LogP contribution in [0.2, 0.25) is 5.02 Å². The smallest absolute Gasteiger partial charge is 0.274 e. The van der Waals surface area contributed by atoms with Crippen LogP contribution in [0.1, 0.15) is 34.8 Å². The van der Waals surface area contributed by atoms with Gasteiger partial charge in [0, 0.05) is 18.4 Å². The number of pyridine rings is 1. The van der Waals surface area contributed by atoms with Gasteiger partial charge in [-0.25, -0.2) is 4.98 Å². The Balaban J connectivity index is 0.00000192. The number of carbonyl (C=O) groups is 1. The predicted molar refractivity (Wildman–Crippen MR) is 95.7 cm³/mol. The first kappa shape index (κ1) is 17.7. The van der Waals surface area contributed by atoms with Gasteiger partial charge in [0.1, 0.15) is 5.69 Å². The van der Waals surface area contributed by atoms with Crippen LogP contribution in [-0.2, 0) is 0 Å². The van der Waals surface area contributed by atoms with Crippen molar-refractivity contribution in [3.8, 4) is 0 Å². The SMILES string of the molecule is Cl.O=C(Nc1ccc([C@@H]2CCCNC2)cc1)c1ccc(Cl)cn1. The predicted octanol–water partition coefficient (Wildman–Crippen LogP) is 3.88. The van der Waals surface area contributed by atoms with Crippen LogP contribution in [-0.4, -0.2) is 24.0 Å². The number of nitrogens with one attached hydrogen (secondary N) is 2. The third-order valence-electron chi connectivity index (χ3n) is 3.90. The first-order chi connectivity index (χ1) is 10.7. The molecule has 0 bridgehead atoms. The molecule has 1 atom stereocenters. The molecule has 3 rings (SSSR count). The van der Waals surface area contributed by atoms with Crippen molar-refractivity contribution in [2.45, 2.75) is 18.8 Å². The Morgan fingerprint density at radius 1 is 1.22 bits per heavy atom. The summed E-state index contributed by atoms with van der Waals surface area (Å²) in [4.78, 5) is 16.1. The van der Waals surface area contributed by atoms with E-state index in [4.69, 9.17) is 11.6 Å². The molecule has 2 heterocycles. The number of halogens is 2. The third kappa shape index (κ3) is 4.67. The number of benzene rings is 1. The van der Waals surface area contributed by atoms with Gasteiger partial charge in [-0.05, 0) is 55.1 Å². The maximum absolute atomic E-state index is 12.1. The normalized spacial score (nSPS) is 17.2. The molecule has 1 aliphatic rings. The molecule has 1 saturated heterocycles. The fourth-order valence-corrected chi connectivity index (χ4v) is 2.79. The highest BCUT2D eigenvalue weighted by Crippen LogP contribution is 2.24. The van der Waals surface area contributed by atoms with Crippen LogP contribution in [0.3, 0.4) is 0 Å². The van der Waals surface area contributed by atoms with E-state index < -0.39 is 0 Å². The van der Waals surface area contributed by atoms with E-state index in [2.05, 4.69) is 27.8 Å². The molecule has 4 nitrogen and oxygen atoms in total. The Bertz CT molecular complexity index is 638. The van der Waals surface area contributed by atoms with Crippen LogP contribution >= 0.6 is 24.0 Å². The minimum Gasteiger partial charge on any atom is -0.321 e. The molecular formula is C17H19Cl2N3O. The van der Waals surface area contributed by atoms with Crippen molar-refractivity contribution in [1.29, 1.82) is 0 Å². The summed E-state index contributed by atoms with van der Waals surface area (Å²) in [6.07, 6.45) is 3.90. The van der Waals surface area contributed by atoms with E-state index in [1.165, 1.54) is 24.6 Å². The molecular weight excluding hydrogens is 333 g/mol. The highest BCUT2D eigenvalue weighted by molar-refractivity contribution is 6.30. The van der Waals surface area contributed by atoms with Crippen molar-refractivity contribution in [1.82, 2.24) is 10.3 Å². The van der Waals surface area contributed by atoms with Crippen LogP contribution in [0.15, 0.2) is 42.6 Å². The summed E-state index contributed by atoms with van der Waals surface area (Å²) < 4.78 is 0. The van der Waals surface area contributed by atoms with E-state index in [9.17, 15) is 4.79 Å². The number of piperidine rings is 1. The lowest BCUT2D eigenvalue weighted by molar-refractivity contribution is 0.102. The van der Waals surface area contributed by atoms with Crippen LogP contribution in [0.4, 0.5) is 5.69 Å². The van der Waals surface area contributed by atoms with E-state index in [0.717, 1.165) is 18.8 Å². The molecule has 23 heavy (non-hydrogen) atoms. The van der Waals surface area contributed by atoms with E-state index in [1.807, 2.05) is 12.1 Å². The average molecular weight is 352 g/mol. The second kappa shape index (κ2) is 8.29. The second-order valence-corrected chi connectivity index (χ2v) is 5.92. The maximum atomic E-state index is 12.1. The van der Waals surface area contributed by atoms with Gasteiger partial charge in [-0.3, -0.25) is 4.79 Å². The van der Waals surface area contributed by atoms with Gasteiger partial charge in [0.2, 0.25) is 0 Å². The Morgan fingerprint density at radius 2 is 2.00 bits per heavy atom. The summed E-state index contributed by atoms with van der Waals surface area (Å²) in [5, 5.41) is 6.78. The zero-order valence-electron chi connectivity index (χ0n) is 12.6. The van der Waals surface area contributed by atoms with Crippen LogP contribution in [0, 0.1) is 0 Å². The zero-order chi connectivity index (χ0) is 15.4. The monoisotopic (exact) mass is 351 g/mol. The third-order valence-corrected chi connectivity index (χ3v) is 4.12. The molecule has 1 fully saturated rings. The minimum absolute atomic E-state index is 0. The van der Waals surface area contributed by atoms with Crippen molar-refractivity contribution in [2.24, 2.45) is 0 Å². The number of rotatable bonds is 3. The standard InChI is InChI=1S/C17H18ClN3O.ClH/c18-14-5-8-16(20-11-14)17(22)21-15-6-3-12(4-7-15)13-2-1-9-19-10-13;/h3-8,11,13,19H,1-2,9-10H2,(H,21,22);1H/t13-;/m1./s1. The molecule has 122 valence electrons. The van der Waals surface area contributed by atoms with Crippen molar-refractivity contribution < 1.29 is 4.79 Å². The van der Waals surface area contributed by atoms with E-state index in [1.54, 1.807) is 12.1 Å². The van der Waals surface area contributed by atoms with Crippen molar-refractivity contribution >= 4 is 35.6 Å². The van der Waals surface area contributed by atoms with Gasteiger partial charge in [-0.2, -0.15) is 0 Å². The van der Waals surface area contributed by atoms with E-state index in [0.29, 0.717) is 16.6 Å². The molecule has 1 aromatic heterocycles. The number of amides is 1. The Hall–Kier alpha value is -1.62. The summed E-state index contributed by atoms with van der Waals surface area (Å²) in [5.74, 6) is 0.334. The maximum Gasteiger partial charge on any atom is 0.274 e. The fraction of sp³-hybridized carbons (Fsp3) is 0.294. The van der Waals surface area contributed by atoms with Crippen molar-refractivity contribution in [3.63, 3.8) is 0 Å². The number of nitrogens with zero attached hydrogens (tertiary/aromatic N) is 1.